The quantitative estimate of drug-likeness (QED) is 0.246. The molecule has 0 aromatic carbocycles. The lowest BCUT2D eigenvalue weighted by molar-refractivity contribution is -0.319. The summed E-state index contributed by atoms with van der Waals surface area (Å²) >= 11 is 0. The van der Waals surface area contributed by atoms with Gasteiger partial charge in [-0.1, -0.05) is 71.6 Å². The highest BCUT2D eigenvalue weighted by molar-refractivity contribution is 5.71. The smallest absolute Gasteiger partial charge is 0.324 e. The number of ether oxygens (including phenoxy) is 1. The Labute approximate surface area is 135 Å². The molecule has 0 aliphatic heterocycles. The minimum absolute atomic E-state index is 0.0142. The fourth-order valence-electron chi connectivity index (χ4n) is 2.22. The number of carbonyl (C=O) groups excluding carboxylic acids is 1. The van der Waals surface area contributed by atoms with Crippen LogP contribution in [0.25, 0.3) is 0 Å². The number of hydrogen-bond acceptors (Lipinski definition) is 5. The van der Waals surface area contributed by atoms with E-state index in [1.54, 1.807) is 0 Å². The Morgan fingerprint density at radius 2 is 1.41 bits per heavy atom. The maximum Gasteiger partial charge on any atom is 0.324 e. The standard InChI is InChI=1S/C17H35NO4/c1-3-5-6-7-8-9-10-11-12-13-14-18-15-16(19)22-17(20,21)4-2/h18,20-21H,3-15H2,1-2H3. The predicted octanol–water partition coefficient (Wildman–Crippen LogP) is 3.09. The first-order valence-electron chi connectivity index (χ1n) is 8.89. The third-order valence-corrected chi connectivity index (χ3v) is 3.71. The Hall–Kier alpha value is -0.650. The molecule has 5 heteroatoms. The van der Waals surface area contributed by atoms with Gasteiger partial charge >= 0.3 is 11.9 Å². The van der Waals surface area contributed by atoms with E-state index in [4.69, 9.17) is 10.2 Å². The van der Waals surface area contributed by atoms with Gasteiger partial charge in [0.15, 0.2) is 0 Å². The van der Waals surface area contributed by atoms with E-state index in [-0.39, 0.29) is 13.0 Å². The molecule has 22 heavy (non-hydrogen) atoms. The van der Waals surface area contributed by atoms with Gasteiger partial charge in [-0.3, -0.25) is 4.79 Å². The molecule has 0 bridgehead atoms. The molecule has 0 fully saturated rings. The number of unbranched alkanes of at least 4 members (excludes halogenated alkanes) is 9. The van der Waals surface area contributed by atoms with Crippen molar-refractivity contribution in [3.05, 3.63) is 0 Å². The average molecular weight is 317 g/mol. The number of aliphatic hydroxyl groups is 2. The molecular weight excluding hydrogens is 282 g/mol. The van der Waals surface area contributed by atoms with Gasteiger partial charge in [-0.2, -0.15) is 0 Å². The topological polar surface area (TPSA) is 78.8 Å². The van der Waals surface area contributed by atoms with Crippen LogP contribution in [0.2, 0.25) is 0 Å². The van der Waals surface area contributed by atoms with Crippen LogP contribution in [0, 0.1) is 0 Å². The summed E-state index contributed by atoms with van der Waals surface area (Å²) in [5.74, 6) is -2.98. The Morgan fingerprint density at radius 3 is 1.91 bits per heavy atom. The molecule has 0 saturated carbocycles. The van der Waals surface area contributed by atoms with Crippen molar-refractivity contribution in [2.75, 3.05) is 13.1 Å². The van der Waals surface area contributed by atoms with E-state index < -0.39 is 11.9 Å². The summed E-state index contributed by atoms with van der Waals surface area (Å²) in [4.78, 5) is 11.3. The molecule has 0 aromatic heterocycles. The summed E-state index contributed by atoms with van der Waals surface area (Å²) in [6.07, 6.45) is 12.8. The third kappa shape index (κ3) is 14.3. The van der Waals surface area contributed by atoms with Gasteiger partial charge in [-0.15, -0.1) is 0 Å². The summed E-state index contributed by atoms with van der Waals surface area (Å²) < 4.78 is 4.50. The minimum atomic E-state index is -2.34. The monoisotopic (exact) mass is 317 g/mol. The van der Waals surface area contributed by atoms with Crippen LogP contribution in [0.1, 0.15) is 84.5 Å². The van der Waals surface area contributed by atoms with E-state index in [1.165, 1.54) is 58.3 Å². The molecule has 0 amide bonds. The highest BCUT2D eigenvalue weighted by Crippen LogP contribution is 2.10. The number of esters is 1. The van der Waals surface area contributed by atoms with Gasteiger partial charge in [0, 0.05) is 6.42 Å². The number of rotatable bonds is 15. The van der Waals surface area contributed by atoms with Gasteiger partial charge in [-0.25, -0.2) is 0 Å². The molecule has 0 rings (SSSR count). The van der Waals surface area contributed by atoms with Crippen molar-refractivity contribution in [1.29, 1.82) is 0 Å². The van der Waals surface area contributed by atoms with Gasteiger partial charge in [0.2, 0.25) is 0 Å². The van der Waals surface area contributed by atoms with E-state index in [0.717, 1.165) is 19.4 Å². The largest absolute Gasteiger partial charge is 0.407 e. The highest BCUT2D eigenvalue weighted by atomic mass is 16.8. The molecule has 132 valence electrons. The molecule has 0 aliphatic rings. The molecule has 0 aromatic rings. The van der Waals surface area contributed by atoms with Crippen molar-refractivity contribution in [1.82, 2.24) is 5.32 Å². The van der Waals surface area contributed by atoms with Crippen LogP contribution in [-0.4, -0.2) is 35.2 Å². The zero-order chi connectivity index (χ0) is 16.7. The third-order valence-electron chi connectivity index (χ3n) is 3.71. The minimum Gasteiger partial charge on any atom is -0.407 e. The zero-order valence-electron chi connectivity index (χ0n) is 14.4. The second-order valence-electron chi connectivity index (χ2n) is 5.93. The first kappa shape index (κ1) is 21.4. The van der Waals surface area contributed by atoms with Crippen LogP contribution in [0.4, 0.5) is 0 Å². The van der Waals surface area contributed by atoms with Crippen LogP contribution in [0.15, 0.2) is 0 Å². The summed E-state index contributed by atoms with van der Waals surface area (Å²) in [5, 5.41) is 21.3. The number of nitrogens with one attached hydrogen (secondary N) is 1. The van der Waals surface area contributed by atoms with Crippen molar-refractivity contribution in [3.8, 4) is 0 Å². The Balaban J connectivity index is 3.25. The van der Waals surface area contributed by atoms with Gasteiger partial charge in [0.25, 0.3) is 0 Å². The second kappa shape index (κ2) is 14.0. The van der Waals surface area contributed by atoms with Gasteiger partial charge in [-0.05, 0) is 13.0 Å². The first-order valence-corrected chi connectivity index (χ1v) is 8.89. The molecule has 0 heterocycles. The van der Waals surface area contributed by atoms with E-state index in [9.17, 15) is 4.79 Å². The first-order chi connectivity index (χ1) is 10.5. The Bertz CT molecular complexity index is 269. The van der Waals surface area contributed by atoms with Crippen LogP contribution < -0.4 is 5.32 Å². The van der Waals surface area contributed by atoms with E-state index >= 15 is 0 Å². The van der Waals surface area contributed by atoms with Crippen LogP contribution in [0.5, 0.6) is 0 Å². The zero-order valence-corrected chi connectivity index (χ0v) is 14.4. The van der Waals surface area contributed by atoms with Crippen LogP contribution in [0.3, 0.4) is 0 Å². The maximum atomic E-state index is 11.3. The predicted molar refractivity (Wildman–Crippen MR) is 88.3 cm³/mol. The molecule has 0 saturated heterocycles. The van der Waals surface area contributed by atoms with Gasteiger partial charge in [0.1, 0.15) is 0 Å². The number of carbonyl (C=O) groups is 1. The van der Waals surface area contributed by atoms with E-state index in [0.29, 0.717) is 0 Å². The summed E-state index contributed by atoms with van der Waals surface area (Å²) in [5.41, 5.74) is 0. The highest BCUT2D eigenvalue weighted by Gasteiger charge is 2.25. The lowest BCUT2D eigenvalue weighted by atomic mass is 10.1. The molecular formula is C17H35NO4. The van der Waals surface area contributed by atoms with Crippen molar-refractivity contribution in [2.45, 2.75) is 90.4 Å². The molecule has 0 radical (unpaired) electrons. The summed E-state index contributed by atoms with van der Waals surface area (Å²) in [6.45, 7) is 4.54. The SMILES string of the molecule is CCCCCCCCCCCCNCC(=O)OC(O)(O)CC. The fourth-order valence-corrected chi connectivity index (χ4v) is 2.22. The summed E-state index contributed by atoms with van der Waals surface area (Å²) in [7, 11) is 0. The lowest BCUT2D eigenvalue weighted by Crippen LogP contribution is -2.37. The van der Waals surface area contributed by atoms with Crippen molar-refractivity contribution in [3.63, 3.8) is 0 Å². The molecule has 0 spiro atoms. The van der Waals surface area contributed by atoms with Gasteiger partial charge in [0.05, 0.1) is 6.54 Å². The molecule has 0 atom stereocenters. The van der Waals surface area contributed by atoms with Crippen molar-refractivity contribution < 1.29 is 19.7 Å². The lowest BCUT2D eigenvalue weighted by Gasteiger charge is -2.19. The van der Waals surface area contributed by atoms with Gasteiger partial charge < -0.3 is 20.3 Å². The molecule has 5 nitrogen and oxygen atoms in total. The van der Waals surface area contributed by atoms with Crippen LogP contribution in [-0.2, 0) is 9.53 Å². The van der Waals surface area contributed by atoms with Crippen molar-refractivity contribution >= 4 is 5.97 Å². The Kier molecular flexibility index (Phi) is 13.6. The van der Waals surface area contributed by atoms with Crippen molar-refractivity contribution in [2.24, 2.45) is 0 Å². The maximum absolute atomic E-state index is 11.3. The summed E-state index contributed by atoms with van der Waals surface area (Å²) in [6, 6.07) is 0. The normalized spacial score (nSPS) is 11.6. The van der Waals surface area contributed by atoms with E-state index in [2.05, 4.69) is 17.0 Å². The van der Waals surface area contributed by atoms with E-state index in [1.807, 2.05) is 0 Å². The Morgan fingerprint density at radius 1 is 0.909 bits per heavy atom. The number of hydrogen-bond donors (Lipinski definition) is 3. The molecule has 0 unspecified atom stereocenters. The second-order valence-corrected chi connectivity index (χ2v) is 5.93. The molecule has 0 aliphatic carbocycles. The average Bonchev–Trinajstić information content (AvgIpc) is 2.48. The fraction of sp³-hybridized carbons (Fsp3) is 0.941. The van der Waals surface area contributed by atoms with Crippen LogP contribution >= 0.6 is 0 Å². The molecule has 3 N–H and O–H groups in total.